The van der Waals surface area contributed by atoms with Gasteiger partial charge in [-0.1, -0.05) is 32.1 Å². The molecule has 0 N–H and O–H groups in total. The molecule has 2 heteroatoms. The van der Waals surface area contributed by atoms with E-state index in [1.54, 1.807) is 0 Å². The lowest BCUT2D eigenvalue weighted by molar-refractivity contribution is 0.491. The largest absolute Gasteiger partial charge is 0.568 e. The van der Waals surface area contributed by atoms with Gasteiger partial charge in [0, 0.05) is 5.41 Å². The Morgan fingerprint density at radius 2 is 2.09 bits per heavy atom. The van der Waals surface area contributed by atoms with Crippen molar-refractivity contribution in [2.24, 2.45) is 5.41 Å². The SMILES string of the molecule is [B]OC1=CC=CC(C)(C)C=C1. The highest BCUT2D eigenvalue weighted by molar-refractivity contribution is 5.99. The topological polar surface area (TPSA) is 9.23 Å². The molecule has 0 heterocycles. The first-order chi connectivity index (χ1) is 5.14. The van der Waals surface area contributed by atoms with Gasteiger partial charge in [0.25, 0.3) is 0 Å². The van der Waals surface area contributed by atoms with Gasteiger partial charge in [-0.15, -0.1) is 0 Å². The molecule has 0 aromatic heterocycles. The predicted octanol–water partition coefficient (Wildman–Crippen LogP) is 2.12. The maximum absolute atomic E-state index is 5.01. The molecule has 0 spiro atoms. The summed E-state index contributed by atoms with van der Waals surface area (Å²) in [4.78, 5) is 0. The Hall–Kier alpha value is -0.915. The second kappa shape index (κ2) is 2.99. The Bertz CT molecular complexity index is 224. The summed E-state index contributed by atoms with van der Waals surface area (Å²) in [5, 5.41) is 0. The maximum atomic E-state index is 5.01. The van der Waals surface area contributed by atoms with Crippen LogP contribution in [0.3, 0.4) is 0 Å². The van der Waals surface area contributed by atoms with Crippen molar-refractivity contribution in [2.75, 3.05) is 0 Å². The van der Waals surface area contributed by atoms with Crippen molar-refractivity contribution in [3.05, 3.63) is 36.1 Å². The van der Waals surface area contributed by atoms with Gasteiger partial charge >= 0.3 is 8.05 Å². The number of rotatable bonds is 1. The van der Waals surface area contributed by atoms with Gasteiger partial charge in [-0.3, -0.25) is 0 Å². The third-order valence-electron chi connectivity index (χ3n) is 1.60. The zero-order valence-electron chi connectivity index (χ0n) is 6.87. The lowest BCUT2D eigenvalue weighted by Crippen LogP contribution is -2.00. The monoisotopic (exact) mass is 146 g/mol. The van der Waals surface area contributed by atoms with Crippen molar-refractivity contribution in [1.82, 2.24) is 0 Å². The quantitative estimate of drug-likeness (QED) is 0.514. The standard InChI is InChI=1S/C9H11BO/c1-9(2)6-3-4-8(11-10)5-7-9/h3-7H,1-2H3. The smallest absolute Gasteiger partial charge is 0.374 e. The van der Waals surface area contributed by atoms with E-state index >= 15 is 0 Å². The summed E-state index contributed by atoms with van der Waals surface area (Å²) in [5.41, 5.74) is 0.0940. The fourth-order valence-corrected chi connectivity index (χ4v) is 0.878. The van der Waals surface area contributed by atoms with Crippen LogP contribution in [0.15, 0.2) is 36.1 Å². The molecule has 1 aliphatic carbocycles. The van der Waals surface area contributed by atoms with Crippen LogP contribution < -0.4 is 0 Å². The summed E-state index contributed by atoms with van der Waals surface area (Å²) < 4.78 is 4.59. The second-order valence-electron chi connectivity index (χ2n) is 3.20. The molecule has 0 aliphatic heterocycles. The summed E-state index contributed by atoms with van der Waals surface area (Å²) >= 11 is 0. The molecule has 0 amide bonds. The van der Waals surface area contributed by atoms with E-state index in [4.69, 9.17) is 8.05 Å². The molecule has 0 fully saturated rings. The Morgan fingerprint density at radius 1 is 1.36 bits per heavy atom. The minimum atomic E-state index is 0.0940. The molecule has 0 atom stereocenters. The van der Waals surface area contributed by atoms with Crippen molar-refractivity contribution in [2.45, 2.75) is 13.8 Å². The van der Waals surface area contributed by atoms with Gasteiger partial charge in [0.15, 0.2) is 0 Å². The Morgan fingerprint density at radius 3 is 2.73 bits per heavy atom. The zero-order valence-corrected chi connectivity index (χ0v) is 6.87. The van der Waals surface area contributed by atoms with Crippen molar-refractivity contribution in [3.8, 4) is 0 Å². The number of allylic oxidation sites excluding steroid dienone is 5. The Labute approximate surface area is 68.9 Å². The van der Waals surface area contributed by atoms with E-state index in [-0.39, 0.29) is 5.41 Å². The highest BCUT2D eigenvalue weighted by atomic mass is 16.4. The summed E-state index contributed by atoms with van der Waals surface area (Å²) in [6, 6.07) is 0. The van der Waals surface area contributed by atoms with Crippen LogP contribution in [0.2, 0.25) is 0 Å². The number of hydrogen-bond donors (Lipinski definition) is 0. The fourth-order valence-electron chi connectivity index (χ4n) is 0.878. The lowest BCUT2D eigenvalue weighted by atomic mass is 9.93. The molecule has 11 heavy (non-hydrogen) atoms. The van der Waals surface area contributed by atoms with E-state index in [1.165, 1.54) is 0 Å². The lowest BCUT2D eigenvalue weighted by Gasteiger charge is -2.12. The van der Waals surface area contributed by atoms with Crippen LogP contribution in [0.1, 0.15) is 13.8 Å². The van der Waals surface area contributed by atoms with Gasteiger partial charge in [0.05, 0.1) is 5.76 Å². The second-order valence-corrected chi connectivity index (χ2v) is 3.20. The third-order valence-corrected chi connectivity index (χ3v) is 1.60. The van der Waals surface area contributed by atoms with Gasteiger partial charge in [0.1, 0.15) is 0 Å². The van der Waals surface area contributed by atoms with Gasteiger partial charge in [0.2, 0.25) is 0 Å². The first kappa shape index (κ1) is 8.18. The Balaban J connectivity index is 2.83. The van der Waals surface area contributed by atoms with Crippen LogP contribution in [0, 0.1) is 5.41 Å². The molecule has 1 nitrogen and oxygen atoms in total. The van der Waals surface area contributed by atoms with E-state index in [0.717, 1.165) is 0 Å². The van der Waals surface area contributed by atoms with Crippen LogP contribution in [0.25, 0.3) is 0 Å². The first-order valence-electron chi connectivity index (χ1n) is 3.59. The maximum Gasteiger partial charge on any atom is 0.374 e. The summed E-state index contributed by atoms with van der Waals surface area (Å²) in [7, 11) is 5.01. The molecule has 0 saturated heterocycles. The van der Waals surface area contributed by atoms with Gasteiger partial charge in [-0.25, -0.2) is 0 Å². The van der Waals surface area contributed by atoms with Crippen molar-refractivity contribution >= 4 is 8.05 Å². The van der Waals surface area contributed by atoms with Crippen LogP contribution in [0.4, 0.5) is 0 Å². The summed E-state index contributed by atoms with van der Waals surface area (Å²) in [6.07, 6.45) is 9.80. The highest BCUT2D eigenvalue weighted by Gasteiger charge is 2.09. The van der Waals surface area contributed by atoms with Crippen molar-refractivity contribution in [1.29, 1.82) is 0 Å². The molecule has 0 aromatic rings. The average Bonchev–Trinajstić information content (AvgIpc) is 2.10. The predicted molar refractivity (Wildman–Crippen MR) is 47.0 cm³/mol. The molecular weight excluding hydrogens is 135 g/mol. The average molecular weight is 146 g/mol. The molecule has 0 aromatic carbocycles. The van der Waals surface area contributed by atoms with Crippen LogP contribution in [0.5, 0.6) is 0 Å². The van der Waals surface area contributed by atoms with Gasteiger partial charge in [-0.05, 0) is 12.2 Å². The third kappa shape index (κ3) is 2.30. The Kier molecular flexibility index (Phi) is 2.23. The normalized spacial score (nSPS) is 20.7. The molecule has 0 saturated carbocycles. The summed E-state index contributed by atoms with van der Waals surface area (Å²) in [6.45, 7) is 4.24. The van der Waals surface area contributed by atoms with Crippen molar-refractivity contribution < 1.29 is 4.65 Å². The minimum Gasteiger partial charge on any atom is -0.568 e. The fraction of sp³-hybridized carbons (Fsp3) is 0.333. The molecule has 0 unspecified atom stereocenters. The van der Waals surface area contributed by atoms with Crippen LogP contribution >= 0.6 is 0 Å². The van der Waals surface area contributed by atoms with Crippen LogP contribution in [-0.2, 0) is 4.65 Å². The van der Waals surface area contributed by atoms with E-state index in [1.807, 2.05) is 18.2 Å². The molecule has 1 rings (SSSR count). The minimum absolute atomic E-state index is 0.0940. The van der Waals surface area contributed by atoms with E-state index in [2.05, 4.69) is 30.7 Å². The zero-order chi connectivity index (χ0) is 8.32. The van der Waals surface area contributed by atoms with Gasteiger partial charge < -0.3 is 4.65 Å². The molecular formula is C9H11BO. The molecule has 56 valence electrons. The summed E-state index contributed by atoms with van der Waals surface area (Å²) in [5.74, 6) is 0.687. The molecule has 0 bridgehead atoms. The van der Waals surface area contributed by atoms with Gasteiger partial charge in [-0.2, -0.15) is 0 Å². The highest BCUT2D eigenvalue weighted by Crippen LogP contribution is 2.22. The molecule has 2 radical (unpaired) electrons. The molecule has 1 aliphatic rings. The van der Waals surface area contributed by atoms with Crippen LogP contribution in [-0.4, -0.2) is 8.05 Å². The van der Waals surface area contributed by atoms with E-state index < -0.39 is 0 Å². The first-order valence-corrected chi connectivity index (χ1v) is 3.59. The number of hydrogen-bond acceptors (Lipinski definition) is 1. The van der Waals surface area contributed by atoms with E-state index in [0.29, 0.717) is 5.76 Å². The van der Waals surface area contributed by atoms with Crippen molar-refractivity contribution in [3.63, 3.8) is 0 Å². The van der Waals surface area contributed by atoms with E-state index in [9.17, 15) is 0 Å².